The first kappa shape index (κ1) is 14.3. The van der Waals surface area contributed by atoms with Crippen LogP contribution in [0.25, 0.3) is 0 Å². The largest absolute Gasteiger partial charge is 0.207 e. The van der Waals surface area contributed by atoms with Crippen LogP contribution in [0.1, 0.15) is 33.7 Å². The van der Waals surface area contributed by atoms with Gasteiger partial charge in [0.2, 0.25) is 0 Å². The minimum atomic E-state index is -0.313. The molecule has 0 radical (unpaired) electrons. The van der Waals surface area contributed by atoms with E-state index in [1.807, 2.05) is 26.8 Å². The van der Waals surface area contributed by atoms with Crippen molar-refractivity contribution in [3.8, 4) is 6.07 Å². The van der Waals surface area contributed by atoms with Crippen molar-refractivity contribution in [1.29, 1.82) is 5.26 Å². The Kier molecular flexibility index (Phi) is 4.20. The van der Waals surface area contributed by atoms with Crippen LogP contribution >= 0.6 is 0 Å². The summed E-state index contributed by atoms with van der Waals surface area (Å²) in [4.78, 5) is 0. The molecule has 1 unspecified atom stereocenters. The summed E-state index contributed by atoms with van der Waals surface area (Å²) in [5.41, 5.74) is 5.02. The lowest BCUT2D eigenvalue weighted by atomic mass is 9.86. The van der Waals surface area contributed by atoms with E-state index in [0.717, 1.165) is 16.7 Å². The Bertz CT molecular complexity index is 644. The van der Waals surface area contributed by atoms with Gasteiger partial charge in [-0.25, -0.2) is 4.39 Å². The van der Waals surface area contributed by atoms with Crippen molar-refractivity contribution >= 4 is 0 Å². The predicted octanol–water partition coefficient (Wildman–Crippen LogP) is 4.60. The van der Waals surface area contributed by atoms with Gasteiger partial charge in [-0.3, -0.25) is 0 Å². The van der Waals surface area contributed by atoms with Gasteiger partial charge in [0.1, 0.15) is 5.82 Å². The monoisotopic (exact) mass is 267 g/mol. The molecule has 2 heteroatoms. The molecule has 0 saturated carbocycles. The van der Waals surface area contributed by atoms with E-state index in [-0.39, 0.29) is 11.7 Å². The summed E-state index contributed by atoms with van der Waals surface area (Å²) in [7, 11) is 0. The molecule has 2 aromatic rings. The molecule has 0 saturated heterocycles. The molecule has 1 atom stereocenters. The summed E-state index contributed by atoms with van der Waals surface area (Å²) >= 11 is 0. The molecule has 2 aromatic carbocycles. The molecule has 0 spiro atoms. The van der Waals surface area contributed by atoms with E-state index in [0.29, 0.717) is 12.0 Å². The van der Waals surface area contributed by atoms with Crippen molar-refractivity contribution in [3.63, 3.8) is 0 Å². The summed E-state index contributed by atoms with van der Waals surface area (Å²) in [5.74, 6) is -0.553. The molecule has 102 valence electrons. The topological polar surface area (TPSA) is 23.8 Å². The fraction of sp³-hybridized carbons (Fsp3) is 0.278. The average Bonchev–Trinajstić information content (AvgIpc) is 2.38. The third kappa shape index (κ3) is 2.88. The van der Waals surface area contributed by atoms with Gasteiger partial charge in [0.05, 0.1) is 12.0 Å². The molecule has 0 bridgehead atoms. The van der Waals surface area contributed by atoms with Gasteiger partial charge in [0.15, 0.2) is 0 Å². The first-order valence-corrected chi connectivity index (χ1v) is 6.73. The number of rotatable bonds is 3. The zero-order valence-electron chi connectivity index (χ0n) is 12.1. The lowest BCUT2D eigenvalue weighted by Gasteiger charge is -2.17. The zero-order chi connectivity index (χ0) is 14.7. The predicted molar refractivity (Wildman–Crippen MR) is 79.1 cm³/mol. The number of hydrogen-bond donors (Lipinski definition) is 0. The van der Waals surface area contributed by atoms with Crippen molar-refractivity contribution in [2.45, 2.75) is 33.1 Å². The number of nitrogens with zero attached hydrogens (tertiary/aromatic N) is 1. The molecule has 0 N–H and O–H groups in total. The highest BCUT2D eigenvalue weighted by Crippen LogP contribution is 2.28. The molecular weight excluding hydrogens is 249 g/mol. The minimum Gasteiger partial charge on any atom is -0.207 e. The highest BCUT2D eigenvalue weighted by Gasteiger charge is 2.18. The molecule has 1 nitrogen and oxygen atoms in total. The van der Waals surface area contributed by atoms with Crippen LogP contribution in [0.5, 0.6) is 0 Å². The summed E-state index contributed by atoms with van der Waals surface area (Å²) in [5, 5.41) is 9.48. The van der Waals surface area contributed by atoms with Gasteiger partial charge in [-0.15, -0.1) is 0 Å². The standard InChI is InChI=1S/C18H18FN/c1-12-8-13(2)18(14(3)9-12)16(11-20)10-15-6-4-5-7-17(15)19/h4-9,16H,10H2,1-3H3. The third-order valence-corrected chi connectivity index (χ3v) is 3.62. The highest BCUT2D eigenvalue weighted by molar-refractivity contribution is 5.43. The van der Waals surface area contributed by atoms with Crippen LogP contribution in [0.2, 0.25) is 0 Å². The average molecular weight is 267 g/mol. The molecule has 0 fully saturated rings. The maximum Gasteiger partial charge on any atom is 0.126 e. The van der Waals surface area contributed by atoms with Crippen LogP contribution in [0.3, 0.4) is 0 Å². The van der Waals surface area contributed by atoms with Gasteiger partial charge in [0.25, 0.3) is 0 Å². The van der Waals surface area contributed by atoms with E-state index in [1.165, 1.54) is 11.6 Å². The van der Waals surface area contributed by atoms with Crippen LogP contribution < -0.4 is 0 Å². The fourth-order valence-corrected chi connectivity index (χ4v) is 2.84. The van der Waals surface area contributed by atoms with E-state index in [2.05, 4.69) is 18.2 Å². The maximum atomic E-state index is 13.8. The molecule has 0 heterocycles. The van der Waals surface area contributed by atoms with Crippen LogP contribution in [-0.4, -0.2) is 0 Å². The minimum absolute atomic E-state index is 0.241. The summed E-state index contributed by atoms with van der Waals surface area (Å²) in [6.45, 7) is 6.07. The van der Waals surface area contributed by atoms with E-state index in [4.69, 9.17) is 0 Å². The van der Waals surface area contributed by atoms with Crippen LogP contribution in [-0.2, 0) is 6.42 Å². The van der Waals surface area contributed by atoms with Gasteiger partial charge >= 0.3 is 0 Å². The van der Waals surface area contributed by atoms with Crippen molar-refractivity contribution in [1.82, 2.24) is 0 Å². The van der Waals surface area contributed by atoms with Gasteiger partial charge in [-0.2, -0.15) is 5.26 Å². The smallest absolute Gasteiger partial charge is 0.126 e. The molecule has 0 aromatic heterocycles. The lowest BCUT2D eigenvalue weighted by molar-refractivity contribution is 0.604. The van der Waals surface area contributed by atoms with E-state index in [1.54, 1.807) is 12.1 Å². The second-order valence-corrected chi connectivity index (χ2v) is 5.29. The first-order valence-electron chi connectivity index (χ1n) is 6.73. The Labute approximate surface area is 119 Å². The van der Waals surface area contributed by atoms with E-state index in [9.17, 15) is 9.65 Å². The maximum absolute atomic E-state index is 13.8. The van der Waals surface area contributed by atoms with Crippen LogP contribution in [0, 0.1) is 37.9 Å². The van der Waals surface area contributed by atoms with Gasteiger partial charge in [0, 0.05) is 0 Å². The molecule has 0 aliphatic carbocycles. The number of nitriles is 1. The number of hydrogen-bond acceptors (Lipinski definition) is 1. The summed E-state index contributed by atoms with van der Waals surface area (Å²) in [6, 6.07) is 13.2. The molecule has 2 rings (SSSR count). The second kappa shape index (κ2) is 5.88. The normalized spacial score (nSPS) is 11.9. The Morgan fingerprint density at radius 3 is 2.25 bits per heavy atom. The number of benzene rings is 2. The Morgan fingerprint density at radius 2 is 1.70 bits per heavy atom. The SMILES string of the molecule is Cc1cc(C)c(C(C#N)Cc2ccccc2F)c(C)c1. The molecular formula is C18H18FN. The van der Waals surface area contributed by atoms with Crippen LogP contribution in [0.15, 0.2) is 36.4 Å². The number of aryl methyl sites for hydroxylation is 3. The van der Waals surface area contributed by atoms with Crippen molar-refractivity contribution < 1.29 is 4.39 Å². The van der Waals surface area contributed by atoms with Gasteiger partial charge < -0.3 is 0 Å². The molecule has 0 aliphatic heterocycles. The quantitative estimate of drug-likeness (QED) is 0.797. The van der Waals surface area contributed by atoms with E-state index >= 15 is 0 Å². The van der Waals surface area contributed by atoms with Gasteiger partial charge in [-0.05, 0) is 55.5 Å². The van der Waals surface area contributed by atoms with Crippen LogP contribution in [0.4, 0.5) is 4.39 Å². The number of halogens is 1. The molecule has 0 amide bonds. The Morgan fingerprint density at radius 1 is 1.10 bits per heavy atom. The molecule has 0 aliphatic rings. The first-order chi connectivity index (χ1) is 9.52. The summed E-state index contributed by atoms with van der Waals surface area (Å²) < 4.78 is 13.8. The fourth-order valence-electron chi connectivity index (χ4n) is 2.84. The van der Waals surface area contributed by atoms with Crippen molar-refractivity contribution in [3.05, 3.63) is 70.0 Å². The van der Waals surface area contributed by atoms with E-state index < -0.39 is 0 Å². The molecule has 20 heavy (non-hydrogen) atoms. The van der Waals surface area contributed by atoms with Gasteiger partial charge in [-0.1, -0.05) is 35.9 Å². The zero-order valence-corrected chi connectivity index (χ0v) is 12.1. The Hall–Kier alpha value is -2.14. The van der Waals surface area contributed by atoms with Crippen molar-refractivity contribution in [2.24, 2.45) is 0 Å². The van der Waals surface area contributed by atoms with Crippen molar-refractivity contribution in [2.75, 3.05) is 0 Å². The summed E-state index contributed by atoms with van der Waals surface area (Å²) in [6.07, 6.45) is 0.411. The second-order valence-electron chi connectivity index (χ2n) is 5.29. The lowest BCUT2D eigenvalue weighted by Crippen LogP contribution is -2.07. The Balaban J connectivity index is 2.40. The highest BCUT2D eigenvalue weighted by atomic mass is 19.1. The third-order valence-electron chi connectivity index (χ3n) is 3.62.